The first-order valence-electron chi connectivity index (χ1n) is 4.85. The molecule has 0 fully saturated rings. The van der Waals surface area contributed by atoms with Crippen LogP contribution in [0.4, 0.5) is 0 Å². The third kappa shape index (κ3) is 1.69. The van der Waals surface area contributed by atoms with E-state index in [1.165, 1.54) is 0 Å². The summed E-state index contributed by atoms with van der Waals surface area (Å²) in [7, 11) is 0. The molecule has 76 valence electrons. The molecule has 4 heteroatoms. The fraction of sp³-hybridized carbons (Fsp3) is 0.400. The SMILES string of the molecule is CC.CCn1cnc2c(=O)[nH]ccc21. The number of rotatable bonds is 1. The summed E-state index contributed by atoms with van der Waals surface area (Å²) >= 11 is 0. The smallest absolute Gasteiger partial charge is 0.276 e. The number of H-pyrrole nitrogens is 1. The van der Waals surface area contributed by atoms with Crippen LogP contribution in [-0.4, -0.2) is 14.5 Å². The van der Waals surface area contributed by atoms with E-state index in [4.69, 9.17) is 0 Å². The van der Waals surface area contributed by atoms with Gasteiger partial charge in [0.25, 0.3) is 5.56 Å². The van der Waals surface area contributed by atoms with Gasteiger partial charge >= 0.3 is 0 Å². The molecule has 0 aromatic carbocycles. The summed E-state index contributed by atoms with van der Waals surface area (Å²) in [6.45, 7) is 6.85. The first-order valence-corrected chi connectivity index (χ1v) is 4.85. The number of fused-ring (bicyclic) bond motifs is 1. The third-order valence-corrected chi connectivity index (χ3v) is 1.89. The predicted octanol–water partition coefficient (Wildman–Crippen LogP) is 1.77. The van der Waals surface area contributed by atoms with E-state index in [2.05, 4.69) is 9.97 Å². The Morgan fingerprint density at radius 2 is 2.21 bits per heavy atom. The second-order valence-electron chi connectivity index (χ2n) is 2.57. The summed E-state index contributed by atoms with van der Waals surface area (Å²) < 4.78 is 1.94. The molecular formula is C10H15N3O. The van der Waals surface area contributed by atoms with Crippen LogP contribution in [0.1, 0.15) is 20.8 Å². The van der Waals surface area contributed by atoms with Gasteiger partial charge in [0.2, 0.25) is 0 Å². The van der Waals surface area contributed by atoms with Crippen LogP contribution in [0.3, 0.4) is 0 Å². The zero-order chi connectivity index (χ0) is 10.6. The Bertz CT molecular complexity index is 456. The number of pyridine rings is 1. The fourth-order valence-electron chi connectivity index (χ4n) is 1.26. The molecule has 2 aromatic rings. The van der Waals surface area contributed by atoms with Gasteiger partial charge in [0.15, 0.2) is 5.52 Å². The molecule has 0 atom stereocenters. The highest BCUT2D eigenvalue weighted by Crippen LogP contribution is 2.05. The summed E-state index contributed by atoms with van der Waals surface area (Å²) in [5.41, 5.74) is 1.28. The number of imidazole rings is 1. The van der Waals surface area contributed by atoms with Crippen LogP contribution in [0, 0.1) is 0 Å². The lowest BCUT2D eigenvalue weighted by molar-refractivity contribution is 0.787. The van der Waals surface area contributed by atoms with Crippen LogP contribution in [0.5, 0.6) is 0 Å². The van der Waals surface area contributed by atoms with E-state index in [1.807, 2.05) is 31.4 Å². The second-order valence-corrected chi connectivity index (χ2v) is 2.57. The zero-order valence-electron chi connectivity index (χ0n) is 8.74. The number of aryl methyl sites for hydroxylation is 1. The van der Waals surface area contributed by atoms with Crippen molar-refractivity contribution in [3.63, 3.8) is 0 Å². The van der Waals surface area contributed by atoms with Crippen LogP contribution in [-0.2, 0) is 6.54 Å². The molecule has 2 aromatic heterocycles. The zero-order valence-corrected chi connectivity index (χ0v) is 8.74. The van der Waals surface area contributed by atoms with Gasteiger partial charge in [-0.15, -0.1) is 0 Å². The Balaban J connectivity index is 0.000000461. The maximum atomic E-state index is 11.2. The van der Waals surface area contributed by atoms with E-state index in [0.29, 0.717) is 5.52 Å². The average Bonchev–Trinajstić information content (AvgIpc) is 2.65. The monoisotopic (exact) mass is 193 g/mol. The van der Waals surface area contributed by atoms with E-state index in [0.717, 1.165) is 12.1 Å². The predicted molar refractivity (Wildman–Crippen MR) is 57.4 cm³/mol. The van der Waals surface area contributed by atoms with Gasteiger partial charge < -0.3 is 9.55 Å². The number of aromatic amines is 1. The van der Waals surface area contributed by atoms with Crippen molar-refractivity contribution in [2.24, 2.45) is 0 Å². The number of aromatic nitrogens is 3. The summed E-state index contributed by atoms with van der Waals surface area (Å²) in [5, 5.41) is 0. The van der Waals surface area contributed by atoms with Crippen molar-refractivity contribution in [3.8, 4) is 0 Å². The summed E-state index contributed by atoms with van der Waals surface area (Å²) in [4.78, 5) is 17.8. The van der Waals surface area contributed by atoms with E-state index < -0.39 is 0 Å². The minimum Gasteiger partial charge on any atom is -0.331 e. The van der Waals surface area contributed by atoms with Crippen molar-refractivity contribution in [3.05, 3.63) is 28.9 Å². The Hall–Kier alpha value is -1.58. The molecule has 1 N–H and O–H groups in total. The standard InChI is InChI=1S/C8H9N3O.C2H6/c1-2-11-5-10-7-6(11)3-4-9-8(7)12;1-2/h3-5H,2H2,1H3,(H,9,12);1-2H3. The van der Waals surface area contributed by atoms with Gasteiger partial charge in [-0.1, -0.05) is 13.8 Å². The number of hydrogen-bond donors (Lipinski definition) is 1. The minimum atomic E-state index is -0.125. The molecule has 0 saturated carbocycles. The molecule has 0 saturated heterocycles. The first kappa shape index (κ1) is 10.5. The largest absolute Gasteiger partial charge is 0.331 e. The third-order valence-electron chi connectivity index (χ3n) is 1.89. The highest BCUT2D eigenvalue weighted by atomic mass is 16.1. The fourth-order valence-corrected chi connectivity index (χ4v) is 1.26. The highest BCUT2D eigenvalue weighted by molar-refractivity contribution is 5.73. The van der Waals surface area contributed by atoms with Gasteiger partial charge in [-0.3, -0.25) is 4.79 Å². The Kier molecular flexibility index (Phi) is 3.45. The number of hydrogen-bond acceptors (Lipinski definition) is 2. The van der Waals surface area contributed by atoms with Crippen molar-refractivity contribution in [1.82, 2.24) is 14.5 Å². The lowest BCUT2D eigenvalue weighted by Crippen LogP contribution is -2.04. The molecular weight excluding hydrogens is 178 g/mol. The molecule has 14 heavy (non-hydrogen) atoms. The maximum Gasteiger partial charge on any atom is 0.276 e. The van der Waals surface area contributed by atoms with Gasteiger partial charge in [0.1, 0.15) is 0 Å². The Morgan fingerprint density at radius 1 is 1.50 bits per heavy atom. The molecule has 0 spiro atoms. The molecule has 0 bridgehead atoms. The second kappa shape index (κ2) is 4.60. The van der Waals surface area contributed by atoms with Crippen molar-refractivity contribution in [2.45, 2.75) is 27.3 Å². The van der Waals surface area contributed by atoms with Gasteiger partial charge in [-0.2, -0.15) is 0 Å². The molecule has 0 aliphatic rings. The Labute approximate surface area is 82.6 Å². The normalized spacial score (nSPS) is 9.64. The van der Waals surface area contributed by atoms with Crippen LogP contribution in [0.25, 0.3) is 11.0 Å². The first-order chi connectivity index (χ1) is 6.83. The Morgan fingerprint density at radius 3 is 2.86 bits per heavy atom. The highest BCUT2D eigenvalue weighted by Gasteiger charge is 2.02. The lowest BCUT2D eigenvalue weighted by Gasteiger charge is -1.95. The molecule has 0 amide bonds. The quantitative estimate of drug-likeness (QED) is 0.750. The molecule has 0 unspecified atom stereocenters. The maximum absolute atomic E-state index is 11.2. The summed E-state index contributed by atoms with van der Waals surface area (Å²) in [6, 6.07) is 1.85. The van der Waals surface area contributed by atoms with Crippen LogP contribution < -0.4 is 5.56 Å². The topological polar surface area (TPSA) is 50.7 Å². The van der Waals surface area contributed by atoms with Gasteiger partial charge in [0, 0.05) is 12.7 Å². The lowest BCUT2D eigenvalue weighted by atomic mass is 10.4. The molecule has 4 nitrogen and oxygen atoms in total. The molecule has 0 radical (unpaired) electrons. The number of nitrogens with zero attached hydrogens (tertiary/aromatic N) is 2. The van der Waals surface area contributed by atoms with E-state index in [-0.39, 0.29) is 5.56 Å². The molecule has 2 heterocycles. The van der Waals surface area contributed by atoms with Gasteiger partial charge in [-0.25, -0.2) is 4.98 Å². The molecule has 2 rings (SSSR count). The van der Waals surface area contributed by atoms with Crippen molar-refractivity contribution in [1.29, 1.82) is 0 Å². The van der Waals surface area contributed by atoms with Crippen LogP contribution in [0.15, 0.2) is 23.4 Å². The van der Waals surface area contributed by atoms with Gasteiger partial charge in [0.05, 0.1) is 11.8 Å². The van der Waals surface area contributed by atoms with Crippen molar-refractivity contribution < 1.29 is 0 Å². The van der Waals surface area contributed by atoms with Crippen LogP contribution in [0.2, 0.25) is 0 Å². The molecule has 0 aliphatic heterocycles. The van der Waals surface area contributed by atoms with E-state index in [1.54, 1.807) is 12.5 Å². The average molecular weight is 193 g/mol. The summed E-state index contributed by atoms with van der Waals surface area (Å²) in [5.74, 6) is 0. The van der Waals surface area contributed by atoms with E-state index >= 15 is 0 Å². The van der Waals surface area contributed by atoms with Crippen LogP contribution >= 0.6 is 0 Å². The van der Waals surface area contributed by atoms with Crippen molar-refractivity contribution >= 4 is 11.0 Å². The number of nitrogens with one attached hydrogen (secondary N) is 1. The van der Waals surface area contributed by atoms with Gasteiger partial charge in [-0.05, 0) is 13.0 Å². The molecule has 0 aliphatic carbocycles. The minimum absolute atomic E-state index is 0.125. The summed E-state index contributed by atoms with van der Waals surface area (Å²) in [6.07, 6.45) is 3.32. The van der Waals surface area contributed by atoms with E-state index in [9.17, 15) is 4.79 Å². The van der Waals surface area contributed by atoms with Crippen molar-refractivity contribution in [2.75, 3.05) is 0 Å².